The van der Waals surface area contributed by atoms with Gasteiger partial charge in [0.25, 0.3) is 17.7 Å². The highest BCUT2D eigenvalue weighted by Crippen LogP contribution is 2.43. The van der Waals surface area contributed by atoms with Gasteiger partial charge in [-0.1, -0.05) is 23.4 Å². The fourth-order valence-corrected chi connectivity index (χ4v) is 4.34. The highest BCUT2D eigenvalue weighted by molar-refractivity contribution is 8.00. The SMILES string of the molecule is CC1=C(c2nc(C)no2)N2C(=O)C(NC(=O)COc3ccccc3)[C@H]2SC1. The minimum absolute atomic E-state index is 0.143. The number of nitrogens with zero attached hydrogens (tertiary/aromatic N) is 3. The van der Waals surface area contributed by atoms with E-state index in [2.05, 4.69) is 15.5 Å². The van der Waals surface area contributed by atoms with E-state index in [1.54, 1.807) is 35.7 Å². The summed E-state index contributed by atoms with van der Waals surface area (Å²) in [7, 11) is 0. The monoisotopic (exact) mass is 386 g/mol. The van der Waals surface area contributed by atoms with Gasteiger partial charge in [-0.2, -0.15) is 4.98 Å². The highest BCUT2D eigenvalue weighted by atomic mass is 32.2. The van der Waals surface area contributed by atoms with Crippen molar-refractivity contribution in [2.75, 3.05) is 12.4 Å². The predicted molar refractivity (Wildman–Crippen MR) is 98.6 cm³/mol. The van der Waals surface area contributed by atoms with Gasteiger partial charge in [-0.3, -0.25) is 14.5 Å². The third-order valence-corrected chi connectivity index (χ3v) is 5.74. The quantitative estimate of drug-likeness (QED) is 0.779. The standard InChI is InChI=1S/C18H18N4O4S/c1-10-9-27-18-14(20-13(23)8-25-12-6-4-3-5-7-12)17(24)22(18)15(10)16-19-11(2)21-26-16/h3-7,14,18H,8-9H2,1-2H3,(H,20,23)/t14?,18-/m1/s1. The van der Waals surface area contributed by atoms with Gasteiger partial charge in [0.05, 0.1) is 0 Å². The number of rotatable bonds is 5. The summed E-state index contributed by atoms with van der Waals surface area (Å²) in [5, 5.41) is 6.38. The van der Waals surface area contributed by atoms with Crippen LogP contribution in [0.2, 0.25) is 0 Å². The molecule has 2 aliphatic rings. The maximum absolute atomic E-state index is 12.7. The molecule has 1 fully saturated rings. The first kappa shape index (κ1) is 17.6. The molecule has 1 aromatic carbocycles. The Morgan fingerprint density at radius 2 is 2.15 bits per heavy atom. The Morgan fingerprint density at radius 3 is 2.85 bits per heavy atom. The lowest BCUT2D eigenvalue weighted by molar-refractivity contribution is -0.144. The first-order valence-corrected chi connectivity index (χ1v) is 9.52. The zero-order chi connectivity index (χ0) is 19.0. The Morgan fingerprint density at radius 1 is 1.37 bits per heavy atom. The maximum Gasteiger partial charge on any atom is 0.274 e. The molecule has 1 unspecified atom stereocenters. The van der Waals surface area contributed by atoms with Crippen LogP contribution in [0.5, 0.6) is 5.75 Å². The van der Waals surface area contributed by atoms with Crippen LogP contribution in [0, 0.1) is 6.92 Å². The number of benzene rings is 1. The second-order valence-electron chi connectivity index (χ2n) is 6.33. The third kappa shape index (κ3) is 3.30. The van der Waals surface area contributed by atoms with Crippen molar-refractivity contribution in [1.29, 1.82) is 0 Å². The van der Waals surface area contributed by atoms with Crippen LogP contribution in [0.1, 0.15) is 18.6 Å². The van der Waals surface area contributed by atoms with Crippen LogP contribution in [0.25, 0.3) is 5.70 Å². The second kappa shape index (κ2) is 7.07. The van der Waals surface area contributed by atoms with E-state index >= 15 is 0 Å². The van der Waals surface area contributed by atoms with Crippen LogP contribution in [0.15, 0.2) is 40.4 Å². The zero-order valence-electron chi connectivity index (χ0n) is 14.8. The molecular formula is C18H18N4O4S. The van der Waals surface area contributed by atoms with E-state index in [1.165, 1.54) is 0 Å². The maximum atomic E-state index is 12.7. The van der Waals surface area contributed by atoms with Crippen molar-refractivity contribution in [2.45, 2.75) is 25.3 Å². The van der Waals surface area contributed by atoms with Gasteiger partial charge in [-0.15, -0.1) is 11.8 Å². The van der Waals surface area contributed by atoms with E-state index in [1.807, 2.05) is 25.1 Å². The van der Waals surface area contributed by atoms with Crippen molar-refractivity contribution < 1.29 is 18.8 Å². The summed E-state index contributed by atoms with van der Waals surface area (Å²) in [5.74, 6) is 1.65. The van der Waals surface area contributed by atoms with E-state index in [4.69, 9.17) is 9.26 Å². The average molecular weight is 386 g/mol. The van der Waals surface area contributed by atoms with Crippen molar-refractivity contribution in [3.8, 4) is 5.75 Å². The second-order valence-corrected chi connectivity index (χ2v) is 7.44. The number of carbonyl (C=O) groups is 2. The first-order valence-electron chi connectivity index (χ1n) is 8.47. The van der Waals surface area contributed by atoms with Crippen molar-refractivity contribution in [1.82, 2.24) is 20.4 Å². The molecular weight excluding hydrogens is 368 g/mol. The Kier molecular flexibility index (Phi) is 4.61. The fourth-order valence-electron chi connectivity index (χ4n) is 3.05. The lowest BCUT2D eigenvalue weighted by Gasteiger charge is -2.49. The number of aromatic nitrogens is 2. The van der Waals surface area contributed by atoms with E-state index in [-0.39, 0.29) is 23.8 Å². The molecule has 1 aromatic heterocycles. The summed E-state index contributed by atoms with van der Waals surface area (Å²) in [6, 6.07) is 8.48. The van der Waals surface area contributed by atoms with Gasteiger partial charge in [-0.05, 0) is 31.6 Å². The van der Waals surface area contributed by atoms with E-state index in [9.17, 15) is 9.59 Å². The van der Waals surface area contributed by atoms with Crippen LogP contribution in [0.4, 0.5) is 0 Å². The molecule has 27 heavy (non-hydrogen) atoms. The van der Waals surface area contributed by atoms with Gasteiger partial charge >= 0.3 is 0 Å². The van der Waals surface area contributed by atoms with Crippen molar-refractivity contribution in [2.24, 2.45) is 0 Å². The van der Waals surface area contributed by atoms with Gasteiger partial charge in [-0.25, -0.2) is 0 Å². The number of hydrogen-bond acceptors (Lipinski definition) is 7. The molecule has 2 aliphatic heterocycles. The van der Waals surface area contributed by atoms with Crippen LogP contribution in [0.3, 0.4) is 0 Å². The molecule has 8 nitrogen and oxygen atoms in total. The topological polar surface area (TPSA) is 97.6 Å². The van der Waals surface area contributed by atoms with Crippen molar-refractivity contribution >= 4 is 29.3 Å². The Balaban J connectivity index is 1.41. The molecule has 0 spiro atoms. The van der Waals surface area contributed by atoms with Crippen LogP contribution in [-0.2, 0) is 9.59 Å². The summed E-state index contributed by atoms with van der Waals surface area (Å²) in [6.45, 7) is 3.52. The third-order valence-electron chi connectivity index (χ3n) is 4.32. The Bertz CT molecular complexity index is 911. The summed E-state index contributed by atoms with van der Waals surface area (Å²) >= 11 is 1.60. The summed E-state index contributed by atoms with van der Waals surface area (Å²) in [5.41, 5.74) is 1.64. The number of para-hydroxylation sites is 1. The molecule has 0 bridgehead atoms. The molecule has 0 aliphatic carbocycles. The van der Waals surface area contributed by atoms with Gasteiger partial charge in [0.2, 0.25) is 0 Å². The molecule has 9 heteroatoms. The number of hydrogen-bond donors (Lipinski definition) is 1. The van der Waals surface area contributed by atoms with Gasteiger partial charge < -0.3 is 14.6 Å². The van der Waals surface area contributed by atoms with Crippen LogP contribution in [-0.4, -0.2) is 50.6 Å². The number of β-lactam (4-membered cyclic amide) rings is 1. The molecule has 0 radical (unpaired) electrons. The van der Waals surface area contributed by atoms with E-state index in [0.29, 0.717) is 23.2 Å². The van der Waals surface area contributed by atoms with Gasteiger partial charge in [0.1, 0.15) is 22.9 Å². The smallest absolute Gasteiger partial charge is 0.274 e. The van der Waals surface area contributed by atoms with E-state index in [0.717, 1.165) is 11.3 Å². The van der Waals surface area contributed by atoms with Crippen molar-refractivity contribution in [3.05, 3.63) is 47.6 Å². The minimum Gasteiger partial charge on any atom is -0.484 e. The molecule has 0 saturated carbocycles. The Labute approximate surface area is 159 Å². The van der Waals surface area contributed by atoms with E-state index < -0.39 is 6.04 Å². The number of nitrogens with one attached hydrogen (secondary N) is 1. The minimum atomic E-state index is -0.589. The number of aryl methyl sites for hydroxylation is 1. The molecule has 1 N–H and O–H groups in total. The fraction of sp³-hybridized carbons (Fsp3) is 0.333. The molecule has 2 aromatic rings. The molecule has 3 heterocycles. The molecule has 2 atom stereocenters. The Hall–Kier alpha value is -2.81. The summed E-state index contributed by atoms with van der Waals surface area (Å²) in [6.07, 6.45) is 0. The molecule has 1 saturated heterocycles. The van der Waals surface area contributed by atoms with Crippen LogP contribution < -0.4 is 10.1 Å². The summed E-state index contributed by atoms with van der Waals surface area (Å²) < 4.78 is 10.7. The predicted octanol–water partition coefficient (Wildman–Crippen LogP) is 1.59. The normalized spacial score (nSPS) is 21.6. The molecule has 4 rings (SSSR count). The largest absolute Gasteiger partial charge is 0.484 e. The van der Waals surface area contributed by atoms with Crippen molar-refractivity contribution in [3.63, 3.8) is 0 Å². The lowest BCUT2D eigenvalue weighted by atomic mass is 10.0. The average Bonchev–Trinajstić information content (AvgIpc) is 3.11. The van der Waals surface area contributed by atoms with Gasteiger partial charge in [0.15, 0.2) is 12.4 Å². The number of thioether (sulfide) groups is 1. The number of fused-ring (bicyclic) bond motifs is 1. The van der Waals surface area contributed by atoms with Gasteiger partial charge in [0, 0.05) is 5.75 Å². The number of carbonyl (C=O) groups excluding carboxylic acids is 2. The zero-order valence-corrected chi connectivity index (χ0v) is 15.7. The highest BCUT2D eigenvalue weighted by Gasteiger charge is 2.53. The number of ether oxygens (including phenoxy) is 1. The first-order chi connectivity index (χ1) is 13.0. The molecule has 140 valence electrons. The molecule has 2 amide bonds. The van der Waals surface area contributed by atoms with Crippen LogP contribution >= 0.6 is 11.8 Å². The lowest BCUT2D eigenvalue weighted by Crippen LogP contribution is -2.69. The number of amides is 2. The summed E-state index contributed by atoms with van der Waals surface area (Å²) in [4.78, 5) is 30.7.